The van der Waals surface area contributed by atoms with E-state index >= 15 is 0 Å². The smallest absolute Gasteiger partial charge is 0.337 e. The quantitative estimate of drug-likeness (QED) is 0.740. The fraction of sp³-hybridized carbons (Fsp3) is 0.500. The van der Waals surface area contributed by atoms with Crippen LogP contribution in [-0.2, 0) is 0 Å². The van der Waals surface area contributed by atoms with Crippen molar-refractivity contribution < 1.29 is 15.0 Å². The molecule has 3 N–H and O–H groups in total. The molecule has 0 radical (unpaired) electrons. The molecule has 0 aliphatic rings. The van der Waals surface area contributed by atoms with Gasteiger partial charge in [-0.15, -0.1) is 0 Å². The molecule has 0 saturated heterocycles. The van der Waals surface area contributed by atoms with E-state index in [4.69, 9.17) is 21.8 Å². The van der Waals surface area contributed by atoms with E-state index in [0.717, 1.165) is 0 Å². The maximum atomic E-state index is 10.9. The van der Waals surface area contributed by atoms with Gasteiger partial charge in [-0.2, -0.15) is 0 Å². The summed E-state index contributed by atoms with van der Waals surface area (Å²) in [6, 6.07) is 1.36. The number of aromatic carboxylic acids is 1. The van der Waals surface area contributed by atoms with Crippen LogP contribution in [0.15, 0.2) is 12.3 Å². The third-order valence-electron chi connectivity index (χ3n) is 2.64. The van der Waals surface area contributed by atoms with Gasteiger partial charge in [0.05, 0.1) is 10.6 Å². The Bertz CT molecular complexity index is 435. The van der Waals surface area contributed by atoms with Crippen molar-refractivity contribution in [2.24, 2.45) is 5.41 Å². The lowest BCUT2D eigenvalue weighted by atomic mass is 9.90. The number of carboxylic acids is 1. The number of anilines is 1. The van der Waals surface area contributed by atoms with E-state index in [-0.39, 0.29) is 22.6 Å². The van der Waals surface area contributed by atoms with Gasteiger partial charge in [-0.3, -0.25) is 0 Å². The van der Waals surface area contributed by atoms with E-state index in [1.807, 2.05) is 13.8 Å². The number of pyridine rings is 1. The first-order valence-electron chi connectivity index (χ1n) is 5.60. The summed E-state index contributed by atoms with van der Waals surface area (Å²) in [6.45, 7) is 4.63. The van der Waals surface area contributed by atoms with E-state index in [0.29, 0.717) is 18.8 Å². The van der Waals surface area contributed by atoms with Crippen molar-refractivity contribution in [1.29, 1.82) is 0 Å². The Balaban J connectivity index is 2.80. The highest BCUT2D eigenvalue weighted by molar-refractivity contribution is 6.35. The van der Waals surface area contributed by atoms with Gasteiger partial charge in [0.2, 0.25) is 0 Å². The van der Waals surface area contributed by atoms with Crippen molar-refractivity contribution in [2.45, 2.75) is 20.3 Å². The fourth-order valence-corrected chi connectivity index (χ4v) is 1.71. The summed E-state index contributed by atoms with van der Waals surface area (Å²) in [7, 11) is 0. The Hall–Kier alpha value is -1.33. The molecule has 1 heterocycles. The number of rotatable bonds is 6. The standard InChI is InChI=1S/C12H17ClN2O3/c1-12(2,4-6-16)7-15-10-9(13)8(11(17)18)3-5-14-10/h3,5,16H,4,6-7H2,1-2H3,(H,14,15)(H,17,18). The summed E-state index contributed by atoms with van der Waals surface area (Å²) in [5.41, 5.74) is -0.104. The molecular formula is C12H17ClN2O3. The maximum absolute atomic E-state index is 10.9. The predicted octanol–water partition coefficient (Wildman–Crippen LogP) is 2.25. The highest BCUT2D eigenvalue weighted by Gasteiger charge is 2.19. The molecule has 18 heavy (non-hydrogen) atoms. The molecule has 5 nitrogen and oxygen atoms in total. The molecule has 1 rings (SSSR count). The Morgan fingerprint density at radius 2 is 2.22 bits per heavy atom. The van der Waals surface area contributed by atoms with E-state index in [9.17, 15) is 4.79 Å². The molecule has 6 heteroatoms. The zero-order chi connectivity index (χ0) is 13.8. The zero-order valence-corrected chi connectivity index (χ0v) is 11.2. The normalized spacial score (nSPS) is 11.3. The van der Waals surface area contributed by atoms with Crippen LogP contribution in [0, 0.1) is 5.41 Å². The number of hydrogen-bond donors (Lipinski definition) is 3. The number of nitrogens with one attached hydrogen (secondary N) is 1. The van der Waals surface area contributed by atoms with Crippen LogP contribution in [-0.4, -0.2) is 34.3 Å². The number of carbonyl (C=O) groups is 1. The van der Waals surface area contributed by atoms with E-state index in [2.05, 4.69) is 10.3 Å². The number of aliphatic hydroxyl groups is 1. The van der Waals surface area contributed by atoms with Gasteiger partial charge in [-0.1, -0.05) is 25.4 Å². The molecule has 1 aromatic heterocycles. The average molecular weight is 273 g/mol. The molecule has 100 valence electrons. The first-order chi connectivity index (χ1) is 8.37. The minimum Gasteiger partial charge on any atom is -0.478 e. The van der Waals surface area contributed by atoms with E-state index < -0.39 is 5.97 Å². The average Bonchev–Trinajstić information content (AvgIpc) is 2.27. The van der Waals surface area contributed by atoms with E-state index in [1.54, 1.807) is 0 Å². The lowest BCUT2D eigenvalue weighted by molar-refractivity contribution is 0.0697. The Morgan fingerprint density at radius 3 is 2.78 bits per heavy atom. The first-order valence-corrected chi connectivity index (χ1v) is 5.98. The first kappa shape index (κ1) is 14.7. The Labute approximate surface area is 111 Å². The van der Waals surface area contributed by atoms with Crippen LogP contribution >= 0.6 is 11.6 Å². The van der Waals surface area contributed by atoms with Gasteiger partial charge in [-0.05, 0) is 17.9 Å². The largest absolute Gasteiger partial charge is 0.478 e. The topological polar surface area (TPSA) is 82.5 Å². The predicted molar refractivity (Wildman–Crippen MR) is 70.2 cm³/mol. The molecule has 1 aromatic rings. The lowest BCUT2D eigenvalue weighted by Gasteiger charge is -2.24. The fourth-order valence-electron chi connectivity index (χ4n) is 1.45. The molecule has 0 aromatic carbocycles. The Kier molecular flexibility index (Phi) is 4.93. The zero-order valence-electron chi connectivity index (χ0n) is 10.4. The maximum Gasteiger partial charge on any atom is 0.337 e. The van der Waals surface area contributed by atoms with E-state index in [1.165, 1.54) is 12.3 Å². The number of carboxylic acid groups (broad SMARTS) is 1. The summed E-state index contributed by atoms with van der Waals surface area (Å²) in [6.07, 6.45) is 2.03. The molecule has 0 aliphatic carbocycles. The Morgan fingerprint density at radius 1 is 1.56 bits per heavy atom. The minimum absolute atomic E-state index is 0.0223. The van der Waals surface area contributed by atoms with Crippen molar-refractivity contribution >= 4 is 23.4 Å². The van der Waals surface area contributed by atoms with Gasteiger partial charge in [0.15, 0.2) is 0 Å². The molecule has 0 atom stereocenters. The second-order valence-electron chi connectivity index (χ2n) is 4.82. The summed E-state index contributed by atoms with van der Waals surface area (Å²) in [5, 5.41) is 21.0. The van der Waals surface area contributed by atoms with Crippen LogP contribution in [0.5, 0.6) is 0 Å². The van der Waals surface area contributed by atoms with Crippen LogP contribution in [0.25, 0.3) is 0 Å². The van der Waals surface area contributed by atoms with Crippen LogP contribution in [0.4, 0.5) is 5.82 Å². The molecule has 0 fully saturated rings. The molecule has 0 bridgehead atoms. The van der Waals surface area contributed by atoms with Crippen molar-refractivity contribution in [3.63, 3.8) is 0 Å². The van der Waals surface area contributed by atoms with Crippen molar-refractivity contribution in [2.75, 3.05) is 18.5 Å². The number of aliphatic hydroxyl groups excluding tert-OH is 1. The second-order valence-corrected chi connectivity index (χ2v) is 5.20. The van der Waals surface area contributed by atoms with Crippen LogP contribution in [0.3, 0.4) is 0 Å². The van der Waals surface area contributed by atoms with Crippen LogP contribution in [0.1, 0.15) is 30.6 Å². The van der Waals surface area contributed by atoms with Crippen molar-refractivity contribution in [1.82, 2.24) is 4.98 Å². The molecule has 0 spiro atoms. The van der Waals surface area contributed by atoms with Crippen molar-refractivity contribution in [3.05, 3.63) is 22.8 Å². The number of nitrogens with zero attached hydrogens (tertiary/aromatic N) is 1. The number of aromatic nitrogens is 1. The second kappa shape index (κ2) is 6.02. The highest BCUT2D eigenvalue weighted by Crippen LogP contribution is 2.26. The molecule has 0 aliphatic heterocycles. The van der Waals surface area contributed by atoms with Gasteiger partial charge in [0.25, 0.3) is 0 Å². The third kappa shape index (κ3) is 3.85. The monoisotopic (exact) mass is 272 g/mol. The minimum atomic E-state index is -1.08. The summed E-state index contributed by atoms with van der Waals surface area (Å²) < 4.78 is 0. The number of halogens is 1. The van der Waals surface area contributed by atoms with Gasteiger partial charge >= 0.3 is 5.97 Å². The molecule has 0 unspecified atom stereocenters. The molecule has 0 amide bonds. The number of hydrogen-bond acceptors (Lipinski definition) is 4. The molecule has 0 saturated carbocycles. The lowest BCUT2D eigenvalue weighted by Crippen LogP contribution is -2.24. The highest BCUT2D eigenvalue weighted by atomic mass is 35.5. The van der Waals surface area contributed by atoms with Gasteiger partial charge < -0.3 is 15.5 Å². The van der Waals surface area contributed by atoms with Crippen LogP contribution < -0.4 is 5.32 Å². The summed E-state index contributed by atoms with van der Waals surface area (Å²) in [4.78, 5) is 14.9. The molecular weight excluding hydrogens is 256 g/mol. The third-order valence-corrected chi connectivity index (χ3v) is 3.03. The van der Waals surface area contributed by atoms with Gasteiger partial charge in [0.1, 0.15) is 5.82 Å². The summed E-state index contributed by atoms with van der Waals surface area (Å²) in [5.74, 6) is -0.734. The van der Waals surface area contributed by atoms with Gasteiger partial charge in [0, 0.05) is 19.3 Å². The SMILES string of the molecule is CC(C)(CCO)CNc1nccc(C(=O)O)c1Cl. The van der Waals surface area contributed by atoms with Crippen LogP contribution in [0.2, 0.25) is 5.02 Å². The summed E-state index contributed by atoms with van der Waals surface area (Å²) >= 11 is 5.95. The van der Waals surface area contributed by atoms with Crippen molar-refractivity contribution in [3.8, 4) is 0 Å². The van der Waals surface area contributed by atoms with Gasteiger partial charge in [-0.25, -0.2) is 9.78 Å².